The van der Waals surface area contributed by atoms with E-state index in [9.17, 15) is 13.8 Å². The van der Waals surface area contributed by atoms with Crippen molar-refractivity contribution in [3.8, 4) is 0 Å². The van der Waals surface area contributed by atoms with Crippen molar-refractivity contribution in [3.63, 3.8) is 0 Å². The highest BCUT2D eigenvalue weighted by molar-refractivity contribution is 7.85. The maximum absolute atomic E-state index is 13.6. The number of ether oxygens (including phenoxy) is 2. The van der Waals surface area contributed by atoms with Crippen LogP contribution in [0.3, 0.4) is 0 Å². The van der Waals surface area contributed by atoms with Gasteiger partial charge in [0.15, 0.2) is 0 Å². The van der Waals surface area contributed by atoms with Crippen LogP contribution in [0.15, 0.2) is 21.3 Å². The fourth-order valence-electron chi connectivity index (χ4n) is 5.10. The number of hydrogen-bond donors (Lipinski definition) is 0. The van der Waals surface area contributed by atoms with Crippen LogP contribution >= 0.6 is 0 Å². The lowest BCUT2D eigenvalue weighted by molar-refractivity contribution is -0.214. The van der Waals surface area contributed by atoms with E-state index in [0.717, 1.165) is 5.56 Å². The van der Waals surface area contributed by atoms with Crippen LogP contribution in [0.25, 0.3) is 10.9 Å². The Balaban J connectivity index is 1.81. The zero-order valence-corrected chi connectivity index (χ0v) is 23.4. The number of nitrogens with zero attached hydrogens (tertiary/aromatic N) is 3. The van der Waals surface area contributed by atoms with Gasteiger partial charge < -0.3 is 9.47 Å². The zero-order valence-electron chi connectivity index (χ0n) is 22.6. The molecule has 2 saturated heterocycles. The Hall–Kier alpha value is -2.39. The van der Waals surface area contributed by atoms with Gasteiger partial charge in [-0.1, -0.05) is 0 Å². The lowest BCUT2D eigenvalue weighted by Crippen LogP contribution is -2.55. The van der Waals surface area contributed by atoms with E-state index in [2.05, 4.69) is 4.40 Å². The van der Waals surface area contributed by atoms with Crippen LogP contribution < -0.4 is 5.56 Å². The molecular formula is C27H37N3O5S. The van der Waals surface area contributed by atoms with Crippen LogP contribution in [0.5, 0.6) is 0 Å². The Kier molecular flexibility index (Phi) is 6.79. The number of carbonyl (C=O) groups is 1. The summed E-state index contributed by atoms with van der Waals surface area (Å²) in [6.45, 7) is 13.3. The molecule has 2 aromatic rings. The van der Waals surface area contributed by atoms with E-state index in [1.807, 2.05) is 53.7 Å². The van der Waals surface area contributed by atoms with E-state index >= 15 is 0 Å². The summed E-state index contributed by atoms with van der Waals surface area (Å²) in [6.07, 6.45) is 2.22. The van der Waals surface area contributed by atoms with Crippen molar-refractivity contribution in [3.05, 3.63) is 39.4 Å². The first kappa shape index (κ1) is 26.7. The number of benzene rings is 1. The monoisotopic (exact) mass is 515 g/mol. The number of rotatable bonds is 5. The topological polar surface area (TPSA) is 99.9 Å². The molecule has 0 N–H and O–H groups in total. The summed E-state index contributed by atoms with van der Waals surface area (Å²) in [4.78, 5) is 31.4. The molecule has 8 nitrogen and oxygen atoms in total. The summed E-state index contributed by atoms with van der Waals surface area (Å²) in [6, 6.07) is 3.77. The molecule has 1 aromatic carbocycles. The van der Waals surface area contributed by atoms with E-state index in [4.69, 9.17) is 14.5 Å². The highest BCUT2D eigenvalue weighted by Crippen LogP contribution is 2.53. The molecule has 1 saturated carbocycles. The Bertz CT molecular complexity index is 1310. The molecule has 1 aliphatic carbocycles. The van der Waals surface area contributed by atoms with Crippen LogP contribution in [-0.4, -0.2) is 42.9 Å². The van der Waals surface area contributed by atoms with E-state index < -0.39 is 26.7 Å². The van der Waals surface area contributed by atoms with Crippen LogP contribution in [0.1, 0.15) is 84.2 Å². The zero-order chi connectivity index (χ0) is 26.6. The standard InChI is InChI=1S/C27H37N3O5S/c1-16(2)35-24(32)26-9-11-27(12-10-26,34-15-26)23-28-21-19(18(4)29-36(33)25(5,6)7)13-17(3)14-20(21)22(31)30(23)8/h13-14,16H,9-12,15H2,1-8H3/b29-18+/t26?,27?,36-/m1/s1. The first-order valence-electron chi connectivity index (χ1n) is 12.5. The first-order chi connectivity index (χ1) is 16.7. The van der Waals surface area contributed by atoms with Crippen molar-refractivity contribution in [2.24, 2.45) is 16.9 Å². The SMILES string of the molecule is C/C(=N\[S@](=O)C(C)(C)C)c1cc(C)cc2c(=O)n(C)c(C34CCC(C(=O)OC(C)C)(CC3)CO4)nc12. The number of hydrogen-bond acceptors (Lipinski definition) is 6. The second-order valence-electron chi connectivity index (χ2n) is 11.6. The quantitative estimate of drug-likeness (QED) is 0.436. The summed E-state index contributed by atoms with van der Waals surface area (Å²) < 4.78 is 30.2. The van der Waals surface area contributed by atoms with Crippen LogP contribution in [-0.2, 0) is 37.9 Å². The highest BCUT2D eigenvalue weighted by Gasteiger charge is 2.56. The third-order valence-corrected chi connectivity index (χ3v) is 8.77. The van der Waals surface area contributed by atoms with Gasteiger partial charge >= 0.3 is 5.97 Å². The third kappa shape index (κ3) is 4.56. The minimum Gasteiger partial charge on any atom is -0.462 e. The molecule has 2 aliphatic heterocycles. The van der Waals surface area contributed by atoms with E-state index in [1.165, 1.54) is 0 Å². The van der Waals surface area contributed by atoms with Gasteiger partial charge in [0.1, 0.15) is 22.4 Å². The average molecular weight is 516 g/mol. The molecule has 196 valence electrons. The summed E-state index contributed by atoms with van der Waals surface area (Å²) in [5.74, 6) is 0.350. The smallest absolute Gasteiger partial charge is 0.314 e. The summed E-state index contributed by atoms with van der Waals surface area (Å²) in [5.41, 5.74) is 1.16. The molecule has 3 heterocycles. The maximum Gasteiger partial charge on any atom is 0.314 e. The normalized spacial score (nSPS) is 25.4. The summed E-state index contributed by atoms with van der Waals surface area (Å²) in [7, 11) is 0.280. The van der Waals surface area contributed by atoms with Gasteiger partial charge in [-0.05, 0) is 91.8 Å². The fraction of sp³-hybridized carbons (Fsp3) is 0.630. The lowest BCUT2D eigenvalue weighted by atomic mass is 9.65. The van der Waals surface area contributed by atoms with Gasteiger partial charge in [-0.15, -0.1) is 0 Å². The predicted octanol–water partition coefficient (Wildman–Crippen LogP) is 4.25. The van der Waals surface area contributed by atoms with Crippen molar-refractivity contribution in [2.45, 2.75) is 90.6 Å². The van der Waals surface area contributed by atoms with Crippen LogP contribution in [0, 0.1) is 12.3 Å². The molecule has 0 amide bonds. The average Bonchev–Trinajstić information content (AvgIpc) is 2.81. The van der Waals surface area contributed by atoms with Gasteiger partial charge in [0.05, 0.1) is 39.5 Å². The van der Waals surface area contributed by atoms with Gasteiger partial charge in [-0.2, -0.15) is 4.40 Å². The molecule has 0 radical (unpaired) electrons. The fourth-order valence-corrected chi connectivity index (χ4v) is 5.72. The number of fused-ring (bicyclic) bond motifs is 4. The van der Waals surface area contributed by atoms with Crippen LogP contribution in [0.2, 0.25) is 0 Å². The second kappa shape index (κ2) is 9.17. The predicted molar refractivity (Wildman–Crippen MR) is 142 cm³/mol. The molecule has 0 unspecified atom stereocenters. The molecule has 9 heteroatoms. The minimum absolute atomic E-state index is 0.163. The van der Waals surface area contributed by atoms with Crippen molar-refractivity contribution >= 4 is 33.6 Å². The molecular weight excluding hydrogens is 478 g/mol. The second-order valence-corrected chi connectivity index (χ2v) is 13.5. The number of carbonyl (C=O) groups excluding carboxylic acids is 1. The molecule has 1 atom stereocenters. The molecule has 36 heavy (non-hydrogen) atoms. The Morgan fingerprint density at radius 1 is 1.22 bits per heavy atom. The molecule has 2 bridgehead atoms. The number of aromatic nitrogens is 2. The molecule has 1 aromatic heterocycles. The Morgan fingerprint density at radius 3 is 2.39 bits per heavy atom. The lowest BCUT2D eigenvalue weighted by Gasteiger charge is -2.51. The largest absolute Gasteiger partial charge is 0.462 e. The Labute approximate surface area is 215 Å². The Morgan fingerprint density at radius 2 is 1.86 bits per heavy atom. The van der Waals surface area contributed by atoms with Gasteiger partial charge in [-0.3, -0.25) is 14.2 Å². The highest BCUT2D eigenvalue weighted by atomic mass is 32.2. The molecule has 3 fully saturated rings. The summed E-state index contributed by atoms with van der Waals surface area (Å²) in [5, 5.41) is 0.491. The first-order valence-corrected chi connectivity index (χ1v) is 13.6. The van der Waals surface area contributed by atoms with Crippen molar-refractivity contribution in [1.82, 2.24) is 9.55 Å². The van der Waals surface area contributed by atoms with E-state index in [-0.39, 0.29) is 24.2 Å². The summed E-state index contributed by atoms with van der Waals surface area (Å²) >= 11 is 0. The van der Waals surface area contributed by atoms with Gasteiger partial charge in [-0.25, -0.2) is 9.19 Å². The minimum atomic E-state index is -1.45. The third-order valence-electron chi connectivity index (χ3n) is 7.28. The number of aryl methyl sites for hydroxylation is 1. The number of esters is 1. The van der Waals surface area contributed by atoms with E-state index in [1.54, 1.807) is 18.5 Å². The maximum atomic E-state index is 13.6. The van der Waals surface area contributed by atoms with Crippen LogP contribution in [0.4, 0.5) is 0 Å². The molecule has 0 spiro atoms. The van der Waals surface area contributed by atoms with Gasteiger partial charge in [0.25, 0.3) is 5.56 Å². The van der Waals surface area contributed by atoms with Crippen molar-refractivity contribution in [1.29, 1.82) is 0 Å². The van der Waals surface area contributed by atoms with E-state index in [0.29, 0.717) is 53.7 Å². The van der Waals surface area contributed by atoms with Gasteiger partial charge in [0, 0.05) is 12.6 Å². The van der Waals surface area contributed by atoms with Gasteiger partial charge in [0.2, 0.25) is 0 Å². The molecule has 3 aliphatic rings. The van der Waals surface area contributed by atoms with Crippen molar-refractivity contribution < 1.29 is 18.5 Å². The van der Waals surface area contributed by atoms with Crippen molar-refractivity contribution in [2.75, 3.05) is 6.61 Å². The molecule has 5 rings (SSSR count).